The van der Waals surface area contributed by atoms with Crippen LogP contribution < -0.4 is 0 Å². The molecule has 29 heavy (non-hydrogen) atoms. The van der Waals surface area contributed by atoms with Crippen LogP contribution in [-0.4, -0.2) is 16.2 Å². The second-order valence-corrected chi connectivity index (χ2v) is 6.42. The monoisotopic (exact) mass is 392 g/mol. The third-order valence-electron chi connectivity index (χ3n) is 4.44. The molecule has 4 aromatic rings. The number of carboxylic acids is 1. The molecule has 0 aliphatic heterocycles. The van der Waals surface area contributed by atoms with Crippen molar-refractivity contribution in [1.29, 1.82) is 0 Å². The van der Waals surface area contributed by atoms with E-state index in [-0.39, 0.29) is 11.1 Å². The normalized spacial score (nSPS) is 11.4. The van der Waals surface area contributed by atoms with E-state index in [1.54, 1.807) is 6.08 Å². The summed E-state index contributed by atoms with van der Waals surface area (Å²) in [5, 5.41) is 19.7. The number of benzene rings is 3. The van der Waals surface area contributed by atoms with Crippen molar-refractivity contribution < 1.29 is 28.2 Å². The van der Waals surface area contributed by atoms with Gasteiger partial charge in [0.2, 0.25) is 0 Å². The summed E-state index contributed by atoms with van der Waals surface area (Å²) in [6.07, 6.45) is 3.11. The summed E-state index contributed by atoms with van der Waals surface area (Å²) in [6, 6.07) is 14.8. The van der Waals surface area contributed by atoms with Crippen LogP contribution in [0.25, 0.3) is 34.4 Å². The van der Waals surface area contributed by atoms with E-state index in [0.717, 1.165) is 11.6 Å². The first-order valence-electron chi connectivity index (χ1n) is 8.65. The average molecular weight is 392 g/mol. The van der Waals surface area contributed by atoms with Gasteiger partial charge in [-0.2, -0.15) is 0 Å². The zero-order valence-electron chi connectivity index (χ0n) is 14.9. The van der Waals surface area contributed by atoms with E-state index in [1.165, 1.54) is 30.3 Å². The molecule has 0 aliphatic carbocycles. The highest BCUT2D eigenvalue weighted by Crippen LogP contribution is 2.38. The number of phenols is 1. The van der Waals surface area contributed by atoms with E-state index in [1.807, 2.05) is 30.3 Å². The minimum atomic E-state index is -1.28. The SMILES string of the molecule is O=C(O)c1cc2c(/C=C/c3cc(F)cc(F)c3)c(-c3ccccc3)oc2cc1O. The van der Waals surface area contributed by atoms with Gasteiger partial charge in [0, 0.05) is 28.6 Å². The van der Waals surface area contributed by atoms with Crippen LogP contribution in [0.3, 0.4) is 0 Å². The van der Waals surface area contributed by atoms with Crippen LogP contribution in [0.4, 0.5) is 8.78 Å². The number of hydrogen-bond acceptors (Lipinski definition) is 3. The van der Waals surface area contributed by atoms with E-state index in [9.17, 15) is 23.8 Å². The maximum absolute atomic E-state index is 13.5. The van der Waals surface area contributed by atoms with Gasteiger partial charge in [-0.15, -0.1) is 0 Å². The minimum Gasteiger partial charge on any atom is -0.507 e. The Morgan fingerprint density at radius 3 is 2.28 bits per heavy atom. The number of aromatic carboxylic acids is 1. The van der Waals surface area contributed by atoms with E-state index in [4.69, 9.17) is 4.42 Å². The molecule has 1 aromatic heterocycles. The third-order valence-corrected chi connectivity index (χ3v) is 4.44. The van der Waals surface area contributed by atoms with Gasteiger partial charge in [0.05, 0.1) is 0 Å². The van der Waals surface area contributed by atoms with Gasteiger partial charge < -0.3 is 14.6 Å². The van der Waals surface area contributed by atoms with Crippen molar-refractivity contribution in [2.45, 2.75) is 0 Å². The maximum atomic E-state index is 13.5. The zero-order chi connectivity index (χ0) is 20.5. The number of halogens is 2. The van der Waals surface area contributed by atoms with Crippen LogP contribution in [0, 0.1) is 11.6 Å². The van der Waals surface area contributed by atoms with Crippen molar-refractivity contribution in [3.8, 4) is 17.1 Å². The second-order valence-electron chi connectivity index (χ2n) is 6.42. The van der Waals surface area contributed by atoms with E-state index >= 15 is 0 Å². The van der Waals surface area contributed by atoms with Crippen LogP contribution in [0.2, 0.25) is 0 Å². The fourth-order valence-electron chi connectivity index (χ4n) is 3.14. The first-order chi connectivity index (χ1) is 13.9. The standard InChI is InChI=1S/C23H14F2O4/c24-15-8-13(9-16(25)10-15)6-7-17-18-11-19(23(27)28)20(26)12-21(18)29-22(17)14-4-2-1-3-5-14/h1-12,26H,(H,27,28)/b7-6+. The van der Waals surface area contributed by atoms with Crippen molar-refractivity contribution in [2.24, 2.45) is 0 Å². The van der Waals surface area contributed by atoms with Crippen molar-refractivity contribution >= 4 is 29.1 Å². The molecule has 0 amide bonds. The summed E-state index contributed by atoms with van der Waals surface area (Å²) in [7, 11) is 0. The molecule has 2 N–H and O–H groups in total. The summed E-state index contributed by atoms with van der Waals surface area (Å²) in [5.74, 6) is -2.67. The van der Waals surface area contributed by atoms with Crippen LogP contribution in [0.5, 0.6) is 5.75 Å². The lowest BCUT2D eigenvalue weighted by Crippen LogP contribution is -1.96. The lowest BCUT2D eigenvalue weighted by atomic mass is 10.0. The molecular formula is C23H14F2O4. The van der Waals surface area contributed by atoms with E-state index in [2.05, 4.69) is 0 Å². The second kappa shape index (κ2) is 7.24. The topological polar surface area (TPSA) is 70.7 Å². The lowest BCUT2D eigenvalue weighted by molar-refractivity contribution is 0.0694. The molecule has 3 aromatic carbocycles. The quantitative estimate of drug-likeness (QED) is 0.450. The van der Waals surface area contributed by atoms with Gasteiger partial charge >= 0.3 is 5.97 Å². The lowest BCUT2D eigenvalue weighted by Gasteiger charge is -2.01. The smallest absolute Gasteiger partial charge is 0.339 e. The molecule has 0 saturated heterocycles. The van der Waals surface area contributed by atoms with Crippen LogP contribution in [0.1, 0.15) is 21.5 Å². The molecule has 0 spiro atoms. The molecule has 1 heterocycles. The highest BCUT2D eigenvalue weighted by Gasteiger charge is 2.19. The predicted octanol–water partition coefficient (Wildman–Crippen LogP) is 5.95. The first kappa shape index (κ1) is 18.4. The first-order valence-corrected chi connectivity index (χ1v) is 8.65. The van der Waals surface area contributed by atoms with Crippen LogP contribution in [-0.2, 0) is 0 Å². The van der Waals surface area contributed by atoms with Gasteiger partial charge in [0.15, 0.2) is 0 Å². The Labute approximate surface area is 164 Å². The van der Waals surface area contributed by atoms with Gasteiger partial charge in [-0.3, -0.25) is 0 Å². The Balaban J connectivity index is 1.94. The van der Waals surface area contributed by atoms with Crippen molar-refractivity contribution in [3.05, 3.63) is 89.0 Å². The van der Waals surface area contributed by atoms with Crippen molar-refractivity contribution in [2.75, 3.05) is 0 Å². The molecule has 0 radical (unpaired) electrons. The number of hydrogen-bond donors (Lipinski definition) is 2. The predicted molar refractivity (Wildman–Crippen MR) is 106 cm³/mol. The Hall–Kier alpha value is -3.93. The number of furan rings is 1. The molecule has 144 valence electrons. The largest absolute Gasteiger partial charge is 0.507 e. The van der Waals surface area contributed by atoms with Crippen molar-refractivity contribution in [1.82, 2.24) is 0 Å². The summed E-state index contributed by atoms with van der Waals surface area (Å²) >= 11 is 0. The third kappa shape index (κ3) is 3.60. The molecular weight excluding hydrogens is 378 g/mol. The molecule has 4 nitrogen and oxygen atoms in total. The Bertz CT molecular complexity index is 1240. The molecule has 0 bridgehead atoms. The average Bonchev–Trinajstić information content (AvgIpc) is 3.02. The fourth-order valence-corrected chi connectivity index (χ4v) is 3.14. The Morgan fingerprint density at radius 2 is 1.62 bits per heavy atom. The highest BCUT2D eigenvalue weighted by atomic mass is 19.1. The number of fused-ring (bicyclic) bond motifs is 1. The summed E-state index contributed by atoms with van der Waals surface area (Å²) in [4.78, 5) is 11.4. The van der Waals surface area contributed by atoms with Crippen LogP contribution in [0.15, 0.2) is 65.1 Å². The Morgan fingerprint density at radius 1 is 0.931 bits per heavy atom. The summed E-state index contributed by atoms with van der Waals surface area (Å²) in [6.45, 7) is 0. The van der Waals surface area contributed by atoms with Gasteiger partial charge in [0.25, 0.3) is 0 Å². The van der Waals surface area contributed by atoms with Gasteiger partial charge in [0.1, 0.15) is 34.3 Å². The summed E-state index contributed by atoms with van der Waals surface area (Å²) in [5.41, 5.74) is 1.57. The Kier molecular flexibility index (Phi) is 4.60. The molecule has 0 saturated carbocycles. The number of aromatic hydroxyl groups is 1. The zero-order valence-corrected chi connectivity index (χ0v) is 14.9. The van der Waals surface area contributed by atoms with E-state index < -0.39 is 23.4 Å². The maximum Gasteiger partial charge on any atom is 0.339 e. The molecule has 4 rings (SSSR count). The van der Waals surface area contributed by atoms with Gasteiger partial charge in [-0.05, 0) is 29.8 Å². The molecule has 0 atom stereocenters. The molecule has 0 fully saturated rings. The van der Waals surface area contributed by atoms with Crippen LogP contribution >= 0.6 is 0 Å². The van der Waals surface area contributed by atoms with Gasteiger partial charge in [-0.25, -0.2) is 13.6 Å². The minimum absolute atomic E-state index is 0.274. The van der Waals surface area contributed by atoms with E-state index in [0.29, 0.717) is 22.3 Å². The number of carbonyl (C=O) groups is 1. The van der Waals surface area contributed by atoms with Crippen molar-refractivity contribution in [3.63, 3.8) is 0 Å². The number of rotatable bonds is 4. The molecule has 6 heteroatoms. The molecule has 0 aliphatic rings. The molecule has 0 unspecified atom stereocenters. The fraction of sp³-hybridized carbons (Fsp3) is 0. The van der Waals surface area contributed by atoms with Gasteiger partial charge in [-0.1, -0.05) is 36.4 Å². The number of carboxylic acid groups (broad SMARTS) is 1. The highest BCUT2D eigenvalue weighted by molar-refractivity contribution is 6.02. The summed E-state index contributed by atoms with van der Waals surface area (Å²) < 4.78 is 32.9.